The summed E-state index contributed by atoms with van der Waals surface area (Å²) in [5.41, 5.74) is 2.39. The lowest BCUT2D eigenvalue weighted by molar-refractivity contribution is -0.167. The Kier molecular flexibility index (Phi) is 4.64. The molecule has 3 rings (SSSR count). The van der Waals surface area contributed by atoms with E-state index in [4.69, 9.17) is 14.8 Å². The number of carbonyl (C=O) groups excluding carboxylic acids is 2. The van der Waals surface area contributed by atoms with Gasteiger partial charge in [-0.1, -0.05) is 0 Å². The molecule has 2 bridgehead atoms. The van der Waals surface area contributed by atoms with E-state index >= 15 is 0 Å². The first-order chi connectivity index (χ1) is 11.1. The van der Waals surface area contributed by atoms with Crippen molar-refractivity contribution in [1.82, 2.24) is 20.8 Å². The number of amides is 3. The van der Waals surface area contributed by atoms with Gasteiger partial charge in [0.05, 0.1) is 12.6 Å². The highest BCUT2D eigenvalue weighted by Crippen LogP contribution is 2.30. The SMILES string of the molecule is O=C(O)CON1C(=O)N2C[C@H]1CC[C@H]2C(=O)NOC[C@@H]1CCN1. The third-order valence-electron chi connectivity index (χ3n) is 4.34. The van der Waals surface area contributed by atoms with Crippen LogP contribution in [0.2, 0.25) is 0 Å². The molecule has 3 aliphatic rings. The lowest BCUT2D eigenvalue weighted by atomic mass is 10.0. The molecule has 3 fully saturated rings. The Morgan fingerprint density at radius 3 is 2.78 bits per heavy atom. The second kappa shape index (κ2) is 6.69. The van der Waals surface area contributed by atoms with Gasteiger partial charge < -0.3 is 15.3 Å². The molecule has 128 valence electrons. The van der Waals surface area contributed by atoms with Gasteiger partial charge in [0.2, 0.25) is 0 Å². The summed E-state index contributed by atoms with van der Waals surface area (Å²) in [4.78, 5) is 46.6. The molecular formula is C13H20N4O6. The number of hydroxylamine groups is 3. The predicted octanol–water partition coefficient (Wildman–Crippen LogP) is -1.32. The zero-order valence-electron chi connectivity index (χ0n) is 12.6. The molecule has 3 heterocycles. The van der Waals surface area contributed by atoms with Gasteiger partial charge in [-0.05, 0) is 25.8 Å². The molecule has 3 N–H and O–H groups in total. The Hall–Kier alpha value is -1.91. The average molecular weight is 328 g/mol. The van der Waals surface area contributed by atoms with E-state index in [1.165, 1.54) is 4.90 Å². The van der Waals surface area contributed by atoms with E-state index in [1.54, 1.807) is 0 Å². The Morgan fingerprint density at radius 1 is 1.35 bits per heavy atom. The van der Waals surface area contributed by atoms with Gasteiger partial charge in [0, 0.05) is 12.6 Å². The number of aliphatic carboxylic acids is 1. The van der Waals surface area contributed by atoms with Crippen LogP contribution in [-0.4, -0.2) is 77.4 Å². The monoisotopic (exact) mass is 328 g/mol. The molecule has 3 aliphatic heterocycles. The lowest BCUT2D eigenvalue weighted by Gasteiger charge is -2.30. The average Bonchev–Trinajstić information content (AvgIpc) is 2.71. The zero-order valence-corrected chi connectivity index (χ0v) is 12.6. The maximum absolute atomic E-state index is 12.3. The van der Waals surface area contributed by atoms with Crippen molar-refractivity contribution in [2.24, 2.45) is 0 Å². The molecule has 10 nitrogen and oxygen atoms in total. The fourth-order valence-corrected chi connectivity index (χ4v) is 2.97. The number of piperidine rings is 1. The van der Waals surface area contributed by atoms with Crippen LogP contribution in [0, 0.1) is 0 Å². The highest BCUT2D eigenvalue weighted by atomic mass is 16.7. The number of nitrogens with zero attached hydrogens (tertiary/aromatic N) is 2. The van der Waals surface area contributed by atoms with Crippen LogP contribution in [0.5, 0.6) is 0 Å². The Bertz CT molecular complexity index is 497. The van der Waals surface area contributed by atoms with Crippen molar-refractivity contribution in [3.63, 3.8) is 0 Å². The Labute approximate surface area is 132 Å². The van der Waals surface area contributed by atoms with Gasteiger partial charge in [0.25, 0.3) is 5.91 Å². The van der Waals surface area contributed by atoms with Crippen LogP contribution in [0.4, 0.5) is 4.79 Å². The number of hydrogen-bond acceptors (Lipinski definition) is 6. The first-order valence-corrected chi connectivity index (χ1v) is 7.66. The van der Waals surface area contributed by atoms with Crippen LogP contribution in [0.3, 0.4) is 0 Å². The van der Waals surface area contributed by atoms with Crippen LogP contribution in [0.25, 0.3) is 0 Å². The minimum atomic E-state index is -1.15. The molecule has 0 aromatic carbocycles. The normalized spacial score (nSPS) is 29.4. The molecule has 0 aromatic rings. The minimum absolute atomic E-state index is 0.217. The van der Waals surface area contributed by atoms with Crippen LogP contribution >= 0.6 is 0 Å². The molecule has 0 aliphatic carbocycles. The van der Waals surface area contributed by atoms with Crippen molar-refractivity contribution in [3.05, 3.63) is 0 Å². The van der Waals surface area contributed by atoms with Crippen molar-refractivity contribution < 1.29 is 29.2 Å². The van der Waals surface area contributed by atoms with Gasteiger partial charge in [-0.25, -0.2) is 15.1 Å². The Morgan fingerprint density at radius 2 is 2.13 bits per heavy atom. The van der Waals surface area contributed by atoms with Gasteiger partial charge in [-0.2, -0.15) is 5.06 Å². The third kappa shape index (κ3) is 3.38. The van der Waals surface area contributed by atoms with E-state index < -0.39 is 24.6 Å². The fraction of sp³-hybridized carbons (Fsp3) is 0.769. The summed E-state index contributed by atoms with van der Waals surface area (Å²) in [6.07, 6.45) is 2.08. The van der Waals surface area contributed by atoms with Crippen molar-refractivity contribution in [1.29, 1.82) is 0 Å². The summed E-state index contributed by atoms with van der Waals surface area (Å²) < 4.78 is 0. The highest BCUT2D eigenvalue weighted by molar-refractivity contribution is 5.88. The standard InChI is InChI=1S/C13H20N4O6/c18-11(19)7-23-17-9-1-2-10(16(5-9)13(17)21)12(20)15-22-6-8-3-4-14-8/h8-10,14H,1-7H2,(H,15,20)(H,18,19)/t8-,9+,10-/m0/s1. The molecular weight excluding hydrogens is 308 g/mol. The second-order valence-corrected chi connectivity index (χ2v) is 5.89. The second-order valence-electron chi connectivity index (χ2n) is 5.89. The smallest absolute Gasteiger partial charge is 0.345 e. The lowest BCUT2D eigenvalue weighted by Crippen LogP contribution is -2.51. The largest absolute Gasteiger partial charge is 0.479 e. The fourth-order valence-electron chi connectivity index (χ4n) is 2.97. The van der Waals surface area contributed by atoms with E-state index in [2.05, 4.69) is 10.8 Å². The number of hydrogen-bond donors (Lipinski definition) is 3. The molecule has 3 atom stereocenters. The van der Waals surface area contributed by atoms with Crippen LogP contribution in [-0.2, 0) is 19.3 Å². The van der Waals surface area contributed by atoms with Crippen LogP contribution in [0.1, 0.15) is 19.3 Å². The van der Waals surface area contributed by atoms with E-state index in [0.29, 0.717) is 26.0 Å². The van der Waals surface area contributed by atoms with Crippen molar-refractivity contribution in [2.75, 3.05) is 26.3 Å². The predicted molar refractivity (Wildman–Crippen MR) is 74.8 cm³/mol. The van der Waals surface area contributed by atoms with Gasteiger partial charge in [-0.3, -0.25) is 14.5 Å². The van der Waals surface area contributed by atoms with Gasteiger partial charge >= 0.3 is 12.0 Å². The van der Waals surface area contributed by atoms with E-state index in [1.807, 2.05) is 0 Å². The quantitative estimate of drug-likeness (QED) is 0.496. The Balaban J connectivity index is 1.50. The number of rotatable bonds is 7. The number of carbonyl (C=O) groups is 3. The molecule has 3 amide bonds. The summed E-state index contributed by atoms with van der Waals surface area (Å²) in [7, 11) is 0. The van der Waals surface area contributed by atoms with Crippen LogP contribution < -0.4 is 10.8 Å². The van der Waals surface area contributed by atoms with Gasteiger partial charge in [-0.15, -0.1) is 0 Å². The summed E-state index contributed by atoms with van der Waals surface area (Å²) in [5.74, 6) is -1.52. The molecule has 3 saturated heterocycles. The molecule has 0 aromatic heterocycles. The topological polar surface area (TPSA) is 120 Å². The number of urea groups is 1. The molecule has 0 unspecified atom stereocenters. The number of carboxylic acid groups (broad SMARTS) is 1. The van der Waals surface area contributed by atoms with Crippen molar-refractivity contribution >= 4 is 17.9 Å². The number of fused-ring (bicyclic) bond motifs is 2. The van der Waals surface area contributed by atoms with Crippen molar-refractivity contribution in [3.8, 4) is 0 Å². The molecule has 23 heavy (non-hydrogen) atoms. The third-order valence-corrected chi connectivity index (χ3v) is 4.34. The zero-order chi connectivity index (χ0) is 16.4. The molecule has 0 spiro atoms. The van der Waals surface area contributed by atoms with E-state index in [-0.39, 0.29) is 18.0 Å². The first kappa shape index (κ1) is 16.0. The van der Waals surface area contributed by atoms with Crippen molar-refractivity contribution in [2.45, 2.75) is 37.4 Å². The molecule has 0 radical (unpaired) electrons. The summed E-state index contributed by atoms with van der Waals surface area (Å²) in [5, 5.41) is 12.9. The van der Waals surface area contributed by atoms with Gasteiger partial charge in [0.15, 0.2) is 6.61 Å². The van der Waals surface area contributed by atoms with Gasteiger partial charge in [0.1, 0.15) is 6.04 Å². The maximum Gasteiger partial charge on any atom is 0.345 e. The molecule has 0 saturated carbocycles. The molecule has 10 heteroatoms. The highest BCUT2D eigenvalue weighted by Gasteiger charge is 2.48. The summed E-state index contributed by atoms with van der Waals surface area (Å²) in [6.45, 7) is 1.12. The number of nitrogens with one attached hydrogen (secondary N) is 2. The number of carboxylic acids is 1. The van der Waals surface area contributed by atoms with Crippen LogP contribution in [0.15, 0.2) is 0 Å². The van der Waals surface area contributed by atoms with E-state index in [9.17, 15) is 14.4 Å². The summed E-state index contributed by atoms with van der Waals surface area (Å²) in [6, 6.07) is -1.05. The van der Waals surface area contributed by atoms with E-state index in [0.717, 1.165) is 18.0 Å². The maximum atomic E-state index is 12.3. The summed E-state index contributed by atoms with van der Waals surface area (Å²) >= 11 is 0. The minimum Gasteiger partial charge on any atom is -0.479 e. The first-order valence-electron chi connectivity index (χ1n) is 7.66.